The molecule has 8 nitrogen and oxygen atoms in total. The van der Waals surface area contributed by atoms with Crippen LogP contribution in [0.15, 0.2) is 61.1 Å². The molecule has 4 aromatic rings. The third kappa shape index (κ3) is 3.43. The maximum Gasteiger partial charge on any atom is 0.251 e. The van der Waals surface area contributed by atoms with Crippen LogP contribution in [0.25, 0.3) is 16.8 Å². The second-order valence-electron chi connectivity index (χ2n) is 7.40. The second kappa shape index (κ2) is 7.77. The number of carbonyl (C=O) groups excluding carboxylic acids is 1. The van der Waals surface area contributed by atoms with Crippen molar-refractivity contribution in [2.24, 2.45) is 0 Å². The van der Waals surface area contributed by atoms with Crippen LogP contribution in [0.5, 0.6) is 5.75 Å². The fourth-order valence-corrected chi connectivity index (χ4v) is 3.85. The van der Waals surface area contributed by atoms with E-state index in [1.54, 1.807) is 43.7 Å². The molecule has 0 radical (unpaired) electrons. The molecule has 160 valence electrons. The Morgan fingerprint density at radius 1 is 1.16 bits per heavy atom. The van der Waals surface area contributed by atoms with Gasteiger partial charge in [-0.1, -0.05) is 12.1 Å². The van der Waals surface area contributed by atoms with Crippen LogP contribution in [0.3, 0.4) is 0 Å². The normalized spacial score (nSPS) is 13.5. The van der Waals surface area contributed by atoms with Crippen molar-refractivity contribution in [1.29, 1.82) is 0 Å². The van der Waals surface area contributed by atoms with Crippen LogP contribution >= 0.6 is 0 Å². The summed E-state index contributed by atoms with van der Waals surface area (Å²) >= 11 is 0. The summed E-state index contributed by atoms with van der Waals surface area (Å²) in [6, 6.07) is 11.7. The molecule has 1 amide bonds. The van der Waals surface area contributed by atoms with E-state index in [4.69, 9.17) is 10.5 Å². The van der Waals surface area contributed by atoms with Crippen LogP contribution in [-0.2, 0) is 6.54 Å². The lowest BCUT2D eigenvalue weighted by molar-refractivity contribution is 0.0965. The van der Waals surface area contributed by atoms with Gasteiger partial charge in [0, 0.05) is 29.4 Å². The lowest BCUT2D eigenvalue weighted by atomic mass is 9.98. The van der Waals surface area contributed by atoms with Gasteiger partial charge in [-0.2, -0.15) is 15.0 Å². The number of nitrogens with two attached hydrogens (primary N) is 1. The zero-order chi connectivity index (χ0) is 22.2. The molecule has 5 rings (SSSR count). The van der Waals surface area contributed by atoms with Gasteiger partial charge >= 0.3 is 0 Å². The van der Waals surface area contributed by atoms with Crippen molar-refractivity contribution in [3.8, 4) is 22.6 Å². The van der Waals surface area contributed by atoms with Crippen molar-refractivity contribution >= 4 is 11.7 Å². The smallest absolute Gasteiger partial charge is 0.251 e. The van der Waals surface area contributed by atoms with E-state index in [9.17, 15) is 9.18 Å². The van der Waals surface area contributed by atoms with Gasteiger partial charge < -0.3 is 15.8 Å². The molecule has 0 bridgehead atoms. The maximum absolute atomic E-state index is 14.0. The number of nitrogens with zero attached hydrogens (tertiary/aromatic N) is 4. The molecule has 1 aliphatic heterocycles. The van der Waals surface area contributed by atoms with Gasteiger partial charge in [0.15, 0.2) is 11.6 Å². The van der Waals surface area contributed by atoms with Crippen molar-refractivity contribution < 1.29 is 13.9 Å². The zero-order valence-corrected chi connectivity index (χ0v) is 17.1. The predicted octanol–water partition coefficient (Wildman–Crippen LogP) is 3.43. The van der Waals surface area contributed by atoms with Crippen molar-refractivity contribution in [2.45, 2.75) is 19.6 Å². The lowest BCUT2D eigenvalue weighted by Crippen LogP contribution is -2.12. The van der Waals surface area contributed by atoms with Gasteiger partial charge in [0.25, 0.3) is 5.91 Å². The van der Waals surface area contributed by atoms with Crippen LogP contribution < -0.4 is 15.8 Å². The Labute approximate surface area is 182 Å². The number of nitrogen functional groups attached to an aromatic ring is 1. The number of pyridine rings is 1. The van der Waals surface area contributed by atoms with E-state index in [1.165, 1.54) is 16.9 Å². The monoisotopic (exact) mass is 430 g/mol. The fourth-order valence-electron chi connectivity index (χ4n) is 3.85. The van der Waals surface area contributed by atoms with Crippen molar-refractivity contribution in [1.82, 2.24) is 25.3 Å². The first-order valence-corrected chi connectivity index (χ1v) is 10.00. The van der Waals surface area contributed by atoms with Gasteiger partial charge in [-0.3, -0.25) is 4.79 Å². The van der Waals surface area contributed by atoms with Crippen LogP contribution in [-0.4, -0.2) is 25.9 Å². The highest BCUT2D eigenvalue weighted by atomic mass is 19.1. The number of nitrogens with one attached hydrogen (secondary N) is 1. The zero-order valence-electron chi connectivity index (χ0n) is 17.1. The number of rotatable bonds is 5. The molecule has 0 unspecified atom stereocenters. The number of hydrogen-bond acceptors (Lipinski definition) is 6. The minimum atomic E-state index is -0.573. The van der Waals surface area contributed by atoms with Gasteiger partial charge in [-0.25, -0.2) is 9.37 Å². The first-order chi connectivity index (χ1) is 15.5. The number of fused-ring (bicyclic) bond motifs is 1. The van der Waals surface area contributed by atoms with Crippen LogP contribution in [0.2, 0.25) is 0 Å². The molecular formula is C23H19FN6O2. The Balaban J connectivity index is 1.51. The number of anilines is 1. The summed E-state index contributed by atoms with van der Waals surface area (Å²) in [6.45, 7) is 2.24. The molecule has 3 heterocycles. The fraction of sp³-hybridized carbons (Fsp3) is 0.130. The van der Waals surface area contributed by atoms with Crippen LogP contribution in [0.4, 0.5) is 10.2 Å². The third-order valence-corrected chi connectivity index (χ3v) is 5.40. The third-order valence-electron chi connectivity index (χ3n) is 5.40. The molecule has 9 heteroatoms. The van der Waals surface area contributed by atoms with E-state index >= 15 is 0 Å². The summed E-state index contributed by atoms with van der Waals surface area (Å²) in [5.41, 5.74) is 10.4. The largest absolute Gasteiger partial charge is 0.482 e. The lowest BCUT2D eigenvalue weighted by Gasteiger charge is -2.19. The maximum atomic E-state index is 14.0. The molecule has 3 N–H and O–H groups in total. The number of aromatic nitrogens is 4. The van der Waals surface area contributed by atoms with E-state index in [0.717, 1.165) is 16.7 Å². The average molecular weight is 430 g/mol. The quantitative estimate of drug-likeness (QED) is 0.502. The van der Waals surface area contributed by atoms with Gasteiger partial charge in [0.05, 0.1) is 18.1 Å². The molecular weight excluding hydrogens is 411 g/mol. The summed E-state index contributed by atoms with van der Waals surface area (Å²) < 4.78 is 20.2. The molecule has 32 heavy (non-hydrogen) atoms. The van der Waals surface area contributed by atoms with E-state index in [0.29, 0.717) is 29.1 Å². The number of hydrogen-bond donors (Lipinski definition) is 2. The summed E-state index contributed by atoms with van der Waals surface area (Å²) in [4.78, 5) is 17.7. The van der Waals surface area contributed by atoms with Gasteiger partial charge in [0.1, 0.15) is 11.9 Å². The standard InChI is InChI=1S/C23H19FN6O2/c1-13(18-10-15(24)5-6-20(18)30-28-7-8-29-30)32-21-9-14(11-26-22(21)25)16-3-2-4-17-19(16)12-27-23(17)31/h2-11,13H,12H2,1H3,(H2,25,26)(H,27,31)/t13-/m1/s1. The first-order valence-electron chi connectivity index (χ1n) is 10.00. The molecule has 1 atom stereocenters. The minimum absolute atomic E-state index is 0.0961. The molecule has 0 saturated heterocycles. The highest BCUT2D eigenvalue weighted by molar-refractivity contribution is 6.00. The summed E-state index contributed by atoms with van der Waals surface area (Å²) in [5.74, 6) is 0.0653. The van der Waals surface area contributed by atoms with Crippen molar-refractivity contribution in [2.75, 3.05) is 5.73 Å². The highest BCUT2D eigenvalue weighted by Gasteiger charge is 2.23. The highest BCUT2D eigenvalue weighted by Crippen LogP contribution is 2.35. The van der Waals surface area contributed by atoms with Gasteiger partial charge in [0.2, 0.25) is 0 Å². The predicted molar refractivity (Wildman–Crippen MR) is 116 cm³/mol. The summed E-state index contributed by atoms with van der Waals surface area (Å²) in [6.07, 6.45) is 4.16. The van der Waals surface area contributed by atoms with Crippen LogP contribution in [0, 0.1) is 5.82 Å². The Morgan fingerprint density at radius 2 is 1.94 bits per heavy atom. The molecule has 2 aromatic carbocycles. The van der Waals surface area contributed by atoms with Crippen molar-refractivity contribution in [3.05, 3.63) is 83.6 Å². The van der Waals surface area contributed by atoms with E-state index < -0.39 is 11.9 Å². The molecule has 0 saturated carbocycles. The van der Waals surface area contributed by atoms with Crippen molar-refractivity contribution in [3.63, 3.8) is 0 Å². The number of ether oxygens (including phenoxy) is 1. The molecule has 1 aliphatic rings. The number of benzene rings is 2. The van der Waals surface area contributed by atoms with Gasteiger partial charge in [-0.15, -0.1) is 0 Å². The minimum Gasteiger partial charge on any atom is -0.482 e. The average Bonchev–Trinajstić information content (AvgIpc) is 3.46. The van der Waals surface area contributed by atoms with E-state index in [-0.39, 0.29) is 11.7 Å². The molecule has 0 spiro atoms. The second-order valence-corrected chi connectivity index (χ2v) is 7.40. The van der Waals surface area contributed by atoms with Gasteiger partial charge in [-0.05, 0) is 48.4 Å². The molecule has 0 fully saturated rings. The summed E-state index contributed by atoms with van der Waals surface area (Å²) in [7, 11) is 0. The summed E-state index contributed by atoms with van der Waals surface area (Å²) in [5, 5.41) is 11.1. The molecule has 0 aliphatic carbocycles. The van der Waals surface area contributed by atoms with E-state index in [1.807, 2.05) is 12.1 Å². The number of carbonyl (C=O) groups is 1. The first kappa shape index (κ1) is 19.7. The SMILES string of the molecule is C[C@@H](Oc1cc(-c2cccc3c2CNC3=O)cnc1N)c1cc(F)ccc1-n1nccn1. The number of halogens is 1. The van der Waals surface area contributed by atoms with E-state index in [2.05, 4.69) is 20.5 Å². The Hall–Kier alpha value is -4.27. The number of amides is 1. The molecule has 2 aromatic heterocycles. The topological polar surface area (TPSA) is 108 Å². The Kier molecular flexibility index (Phi) is 4.78. The van der Waals surface area contributed by atoms with Crippen LogP contribution in [0.1, 0.15) is 34.5 Å². The Bertz CT molecular complexity index is 1320. The Morgan fingerprint density at radius 3 is 2.75 bits per heavy atom.